The molecule has 20 heavy (non-hydrogen) atoms. The van der Waals surface area contributed by atoms with E-state index in [4.69, 9.17) is 5.11 Å². The molecule has 0 spiro atoms. The Hall–Kier alpha value is -2.14. The first kappa shape index (κ1) is 14.3. The summed E-state index contributed by atoms with van der Waals surface area (Å²) in [6.07, 6.45) is 0.443. The lowest BCUT2D eigenvalue weighted by Gasteiger charge is -2.10. The molecule has 4 nitrogen and oxygen atoms in total. The van der Waals surface area contributed by atoms with E-state index in [-0.39, 0.29) is 12.3 Å². The van der Waals surface area contributed by atoms with Gasteiger partial charge in [-0.1, -0.05) is 18.2 Å². The number of hydrogen-bond donors (Lipinski definition) is 2. The Morgan fingerprint density at radius 3 is 2.65 bits per heavy atom. The lowest BCUT2D eigenvalue weighted by atomic mass is 10.1. The number of aliphatic carboxylic acids is 1. The molecule has 0 aliphatic heterocycles. The second kappa shape index (κ2) is 6.34. The van der Waals surface area contributed by atoms with Crippen LogP contribution in [0.2, 0.25) is 0 Å². The fourth-order valence-corrected chi connectivity index (χ4v) is 2.71. The van der Waals surface area contributed by atoms with Gasteiger partial charge in [0.25, 0.3) is 5.91 Å². The summed E-state index contributed by atoms with van der Waals surface area (Å²) in [5, 5.41) is 15.3. The van der Waals surface area contributed by atoms with Crippen LogP contribution in [0.5, 0.6) is 0 Å². The van der Waals surface area contributed by atoms with Crippen LogP contribution < -0.4 is 5.32 Å². The number of nitrogens with one attached hydrogen (secondary N) is 1. The van der Waals surface area contributed by atoms with Crippen LogP contribution in [0.15, 0.2) is 35.0 Å². The molecule has 104 valence electrons. The van der Waals surface area contributed by atoms with Gasteiger partial charge in [0.2, 0.25) is 0 Å². The van der Waals surface area contributed by atoms with Crippen molar-refractivity contribution >= 4 is 28.9 Å². The number of benzene rings is 1. The number of carboxylic acid groups (broad SMARTS) is 1. The second-order valence-corrected chi connectivity index (χ2v) is 5.22. The number of carboxylic acids is 1. The summed E-state index contributed by atoms with van der Waals surface area (Å²) in [5.74, 6) is -1.01. The molecule has 1 aromatic heterocycles. The molecular formula is C15H15NO3S. The minimum atomic E-state index is -0.847. The Labute approximate surface area is 121 Å². The SMILES string of the molecule is Cc1cscc1C(=O)Nc1ccccc1CCC(=O)O. The van der Waals surface area contributed by atoms with E-state index in [0.717, 1.165) is 11.1 Å². The van der Waals surface area contributed by atoms with Gasteiger partial charge in [-0.05, 0) is 35.9 Å². The van der Waals surface area contributed by atoms with Crippen molar-refractivity contribution in [2.75, 3.05) is 5.32 Å². The maximum absolute atomic E-state index is 12.2. The van der Waals surface area contributed by atoms with Crippen molar-refractivity contribution in [2.24, 2.45) is 0 Å². The van der Waals surface area contributed by atoms with Gasteiger partial charge >= 0.3 is 5.97 Å². The number of hydrogen-bond acceptors (Lipinski definition) is 3. The molecule has 0 unspecified atom stereocenters. The standard InChI is InChI=1S/C15H15NO3S/c1-10-8-20-9-12(10)15(19)16-13-5-3-2-4-11(13)6-7-14(17)18/h2-5,8-9H,6-7H2,1H3,(H,16,19)(H,17,18). The monoisotopic (exact) mass is 289 g/mol. The van der Waals surface area contributed by atoms with Crippen molar-refractivity contribution in [3.63, 3.8) is 0 Å². The van der Waals surface area contributed by atoms with Crippen LogP contribution in [0, 0.1) is 6.92 Å². The summed E-state index contributed by atoms with van der Waals surface area (Å²) in [7, 11) is 0. The summed E-state index contributed by atoms with van der Waals surface area (Å²) < 4.78 is 0. The normalized spacial score (nSPS) is 10.2. The van der Waals surface area contributed by atoms with Crippen LogP contribution in [-0.2, 0) is 11.2 Å². The first-order valence-electron chi connectivity index (χ1n) is 6.22. The van der Waals surface area contributed by atoms with E-state index < -0.39 is 5.97 Å². The van der Waals surface area contributed by atoms with E-state index in [2.05, 4.69) is 5.32 Å². The van der Waals surface area contributed by atoms with Gasteiger partial charge in [-0.3, -0.25) is 9.59 Å². The molecule has 0 atom stereocenters. The average Bonchev–Trinajstić information content (AvgIpc) is 2.84. The molecule has 1 heterocycles. The van der Waals surface area contributed by atoms with E-state index in [9.17, 15) is 9.59 Å². The Morgan fingerprint density at radius 2 is 2.00 bits per heavy atom. The summed E-state index contributed by atoms with van der Waals surface area (Å²) in [4.78, 5) is 22.8. The number of para-hydroxylation sites is 1. The highest BCUT2D eigenvalue weighted by Gasteiger charge is 2.12. The largest absolute Gasteiger partial charge is 0.481 e. The Kier molecular flexibility index (Phi) is 4.53. The highest BCUT2D eigenvalue weighted by molar-refractivity contribution is 7.08. The molecule has 2 aromatic rings. The molecule has 2 N–H and O–H groups in total. The zero-order chi connectivity index (χ0) is 14.5. The minimum absolute atomic E-state index is 0.0460. The molecule has 1 amide bonds. The molecule has 0 bridgehead atoms. The molecule has 0 saturated heterocycles. The highest BCUT2D eigenvalue weighted by Crippen LogP contribution is 2.20. The van der Waals surface area contributed by atoms with Gasteiger partial charge in [-0.2, -0.15) is 11.3 Å². The second-order valence-electron chi connectivity index (χ2n) is 4.47. The zero-order valence-electron chi connectivity index (χ0n) is 11.1. The molecule has 0 aliphatic carbocycles. The summed E-state index contributed by atoms with van der Waals surface area (Å²) in [6.45, 7) is 1.89. The van der Waals surface area contributed by atoms with E-state index in [1.165, 1.54) is 11.3 Å². The van der Waals surface area contributed by atoms with Crippen LogP contribution >= 0.6 is 11.3 Å². The van der Waals surface area contributed by atoms with E-state index in [1.54, 1.807) is 6.07 Å². The third-order valence-corrected chi connectivity index (χ3v) is 3.84. The van der Waals surface area contributed by atoms with Gasteiger partial charge in [0.1, 0.15) is 0 Å². The van der Waals surface area contributed by atoms with Crippen LogP contribution in [0.4, 0.5) is 5.69 Å². The number of thiophene rings is 1. The lowest BCUT2D eigenvalue weighted by Crippen LogP contribution is -2.13. The number of rotatable bonds is 5. The van der Waals surface area contributed by atoms with Crippen molar-refractivity contribution in [1.29, 1.82) is 0 Å². The van der Waals surface area contributed by atoms with Crippen LogP contribution in [0.3, 0.4) is 0 Å². The fraction of sp³-hybridized carbons (Fsp3) is 0.200. The van der Waals surface area contributed by atoms with Crippen molar-refractivity contribution in [1.82, 2.24) is 0 Å². The molecule has 0 saturated carbocycles. The predicted octanol–water partition coefficient (Wildman–Crippen LogP) is 3.33. The van der Waals surface area contributed by atoms with Gasteiger partial charge in [0, 0.05) is 17.5 Å². The Balaban J connectivity index is 2.15. The van der Waals surface area contributed by atoms with Gasteiger partial charge in [0.05, 0.1) is 5.56 Å². The molecule has 5 heteroatoms. The fourth-order valence-electron chi connectivity index (χ4n) is 1.88. The third kappa shape index (κ3) is 3.45. The van der Waals surface area contributed by atoms with Crippen LogP contribution in [0.1, 0.15) is 27.9 Å². The van der Waals surface area contributed by atoms with E-state index in [0.29, 0.717) is 17.7 Å². The summed E-state index contributed by atoms with van der Waals surface area (Å²) in [6, 6.07) is 7.28. The van der Waals surface area contributed by atoms with Crippen molar-refractivity contribution < 1.29 is 14.7 Å². The number of aryl methyl sites for hydroxylation is 2. The zero-order valence-corrected chi connectivity index (χ0v) is 11.9. The molecular weight excluding hydrogens is 274 g/mol. The Bertz CT molecular complexity index is 634. The maximum Gasteiger partial charge on any atom is 0.303 e. The summed E-state index contributed by atoms with van der Waals surface area (Å²) in [5.41, 5.74) is 3.10. The van der Waals surface area contributed by atoms with E-state index >= 15 is 0 Å². The number of amides is 1. The number of anilines is 1. The topological polar surface area (TPSA) is 66.4 Å². The first-order valence-corrected chi connectivity index (χ1v) is 7.16. The third-order valence-electron chi connectivity index (χ3n) is 2.97. The quantitative estimate of drug-likeness (QED) is 0.887. The smallest absolute Gasteiger partial charge is 0.303 e. The van der Waals surface area contributed by atoms with Gasteiger partial charge in [-0.15, -0.1) is 0 Å². The lowest BCUT2D eigenvalue weighted by molar-refractivity contribution is -0.136. The highest BCUT2D eigenvalue weighted by atomic mass is 32.1. The molecule has 0 aliphatic rings. The van der Waals surface area contributed by atoms with Crippen molar-refractivity contribution in [3.8, 4) is 0 Å². The van der Waals surface area contributed by atoms with Gasteiger partial charge in [0.15, 0.2) is 0 Å². The minimum Gasteiger partial charge on any atom is -0.481 e. The van der Waals surface area contributed by atoms with Crippen LogP contribution in [-0.4, -0.2) is 17.0 Å². The van der Waals surface area contributed by atoms with Gasteiger partial charge < -0.3 is 10.4 Å². The number of carbonyl (C=O) groups excluding carboxylic acids is 1. The molecule has 0 radical (unpaired) electrons. The first-order chi connectivity index (χ1) is 9.58. The van der Waals surface area contributed by atoms with Crippen LogP contribution in [0.25, 0.3) is 0 Å². The van der Waals surface area contributed by atoms with Gasteiger partial charge in [-0.25, -0.2) is 0 Å². The Morgan fingerprint density at radius 1 is 1.25 bits per heavy atom. The number of carbonyl (C=O) groups is 2. The van der Waals surface area contributed by atoms with Crippen molar-refractivity contribution in [3.05, 3.63) is 51.7 Å². The van der Waals surface area contributed by atoms with E-state index in [1.807, 2.05) is 35.9 Å². The molecule has 1 aromatic carbocycles. The summed E-state index contributed by atoms with van der Waals surface area (Å²) >= 11 is 1.48. The molecule has 0 fully saturated rings. The molecule has 2 rings (SSSR count). The average molecular weight is 289 g/mol. The van der Waals surface area contributed by atoms with Crippen molar-refractivity contribution in [2.45, 2.75) is 19.8 Å². The maximum atomic E-state index is 12.2. The predicted molar refractivity (Wildman–Crippen MR) is 79.4 cm³/mol.